The molecular weight excluding hydrogens is 564 g/mol. The minimum absolute atomic E-state index is 0.0649. The van der Waals surface area contributed by atoms with Crippen molar-refractivity contribution >= 4 is 31.5 Å². The average Bonchev–Trinajstić information content (AvgIpc) is 2.91. The second kappa shape index (κ2) is 11.1. The van der Waals surface area contributed by atoms with E-state index in [4.69, 9.17) is 4.84 Å². The number of hydrogen-bond donors (Lipinski definition) is 1. The second-order valence-electron chi connectivity index (χ2n) is 12.0. The fourth-order valence-corrected chi connectivity index (χ4v) is 10.0. The van der Waals surface area contributed by atoms with Gasteiger partial charge in [0, 0.05) is 48.4 Å². The van der Waals surface area contributed by atoms with Gasteiger partial charge in [-0.25, -0.2) is 16.8 Å². The highest BCUT2D eigenvalue weighted by atomic mass is 32.2. The minimum Gasteiger partial charge on any atom is -0.410 e. The van der Waals surface area contributed by atoms with Crippen LogP contribution in [-0.2, 0) is 24.9 Å². The highest BCUT2D eigenvalue weighted by molar-refractivity contribution is 7.89. The van der Waals surface area contributed by atoms with Crippen LogP contribution in [0.4, 0.5) is 0 Å². The van der Waals surface area contributed by atoms with Crippen molar-refractivity contribution in [3.05, 3.63) is 65.8 Å². The SMILES string of the molecule is [CH2]ON=C1c2cc(S(=O)(=O)N3C[C@H](C)C[C@H](C)C3)ccc2C(=NO)c2ccc(S(=O)(=O)N3C[C@H](C)C[C@H](C)C3)cc21. The van der Waals surface area contributed by atoms with E-state index in [0.29, 0.717) is 48.4 Å². The Morgan fingerprint density at radius 2 is 1.10 bits per heavy atom. The number of hydrogen-bond acceptors (Lipinski definition) is 8. The van der Waals surface area contributed by atoms with Gasteiger partial charge in [-0.2, -0.15) is 8.61 Å². The summed E-state index contributed by atoms with van der Waals surface area (Å²) in [6.07, 6.45) is 1.92. The van der Waals surface area contributed by atoms with Crippen molar-refractivity contribution in [2.75, 3.05) is 26.2 Å². The smallest absolute Gasteiger partial charge is 0.243 e. The molecule has 0 bridgehead atoms. The van der Waals surface area contributed by atoms with E-state index in [2.05, 4.69) is 17.4 Å². The van der Waals surface area contributed by atoms with Gasteiger partial charge in [0.05, 0.1) is 9.79 Å². The van der Waals surface area contributed by atoms with Crippen molar-refractivity contribution in [3.63, 3.8) is 0 Å². The Morgan fingerprint density at radius 1 is 0.707 bits per heavy atom. The number of piperidine rings is 2. The Morgan fingerprint density at radius 3 is 1.44 bits per heavy atom. The average molecular weight is 602 g/mol. The third-order valence-corrected chi connectivity index (χ3v) is 11.9. The molecule has 2 fully saturated rings. The summed E-state index contributed by atoms with van der Waals surface area (Å²) in [6, 6.07) is 9.11. The summed E-state index contributed by atoms with van der Waals surface area (Å²) in [6.45, 7) is 9.86. The van der Waals surface area contributed by atoms with Gasteiger partial charge in [0.25, 0.3) is 0 Å². The lowest BCUT2D eigenvalue weighted by atomic mass is 9.83. The van der Waals surface area contributed by atoms with Crippen LogP contribution in [0.3, 0.4) is 0 Å². The molecule has 0 spiro atoms. The number of fused-ring (bicyclic) bond motifs is 2. The van der Waals surface area contributed by atoms with Crippen LogP contribution in [0.1, 0.15) is 62.8 Å². The summed E-state index contributed by atoms with van der Waals surface area (Å²) in [4.78, 5) is 5.05. The molecule has 221 valence electrons. The molecule has 12 heteroatoms. The lowest BCUT2D eigenvalue weighted by molar-refractivity contribution is 0.222. The first-order chi connectivity index (χ1) is 19.4. The Kier molecular flexibility index (Phi) is 8.05. The maximum Gasteiger partial charge on any atom is 0.243 e. The number of rotatable bonds is 5. The summed E-state index contributed by atoms with van der Waals surface area (Å²) in [7, 11) is -4.31. The van der Waals surface area contributed by atoms with Gasteiger partial charge < -0.3 is 10.0 Å². The summed E-state index contributed by atoms with van der Waals surface area (Å²) in [5.41, 5.74) is 1.92. The molecule has 0 unspecified atom stereocenters. The molecule has 2 aliphatic heterocycles. The Bertz CT molecular complexity index is 1490. The quantitative estimate of drug-likeness (QED) is 0.346. The summed E-state index contributed by atoms with van der Waals surface area (Å²) in [5, 5.41) is 17.7. The first kappa shape index (κ1) is 29.7. The predicted molar refractivity (Wildman–Crippen MR) is 156 cm³/mol. The topological polar surface area (TPSA) is 129 Å². The van der Waals surface area contributed by atoms with Crippen molar-refractivity contribution in [2.24, 2.45) is 34.0 Å². The van der Waals surface area contributed by atoms with Crippen LogP contribution in [0.5, 0.6) is 0 Å². The first-order valence-electron chi connectivity index (χ1n) is 13.9. The monoisotopic (exact) mass is 601 g/mol. The third kappa shape index (κ3) is 5.42. The fraction of sp³-hybridized carbons (Fsp3) is 0.483. The van der Waals surface area contributed by atoms with Crippen molar-refractivity contribution < 1.29 is 26.9 Å². The van der Waals surface area contributed by atoms with Crippen LogP contribution in [0, 0.1) is 30.8 Å². The predicted octanol–water partition coefficient (Wildman–Crippen LogP) is 4.12. The Labute approximate surface area is 242 Å². The van der Waals surface area contributed by atoms with Crippen LogP contribution in [0.2, 0.25) is 0 Å². The van der Waals surface area contributed by atoms with E-state index >= 15 is 0 Å². The molecule has 4 atom stereocenters. The molecule has 2 aromatic carbocycles. The molecule has 0 saturated carbocycles. The van der Waals surface area contributed by atoms with Crippen molar-refractivity contribution in [1.29, 1.82) is 0 Å². The lowest BCUT2D eigenvalue weighted by Crippen LogP contribution is -2.42. The van der Waals surface area contributed by atoms with Crippen LogP contribution >= 0.6 is 0 Å². The van der Waals surface area contributed by atoms with Gasteiger partial charge in [-0.1, -0.05) is 50.1 Å². The molecule has 2 aromatic rings. The van der Waals surface area contributed by atoms with Gasteiger partial charge in [-0.05, 0) is 60.8 Å². The highest BCUT2D eigenvalue weighted by Crippen LogP contribution is 2.35. The molecule has 0 amide bonds. The van der Waals surface area contributed by atoms with Crippen LogP contribution < -0.4 is 0 Å². The zero-order valence-electron chi connectivity index (χ0n) is 23.8. The van der Waals surface area contributed by atoms with E-state index in [1.165, 1.54) is 32.9 Å². The van der Waals surface area contributed by atoms with Gasteiger partial charge in [0.1, 0.15) is 11.4 Å². The third-order valence-electron chi connectivity index (χ3n) is 8.20. The zero-order chi connectivity index (χ0) is 29.7. The molecule has 1 radical (unpaired) electrons. The highest BCUT2D eigenvalue weighted by Gasteiger charge is 2.36. The maximum absolute atomic E-state index is 13.7. The molecule has 3 aliphatic rings. The molecule has 41 heavy (non-hydrogen) atoms. The number of nitrogens with zero attached hydrogens (tertiary/aromatic N) is 4. The molecule has 5 rings (SSSR count). The van der Waals surface area contributed by atoms with Gasteiger partial charge in [-0.3, -0.25) is 0 Å². The molecule has 10 nitrogen and oxygen atoms in total. The van der Waals surface area contributed by atoms with Crippen LogP contribution in [0.15, 0.2) is 56.5 Å². The van der Waals surface area contributed by atoms with Crippen molar-refractivity contribution in [3.8, 4) is 0 Å². The number of oxime groups is 2. The summed E-state index contributed by atoms with van der Waals surface area (Å²) in [5.74, 6) is 0.923. The standard InChI is InChI=1S/C29H37N4O6S2/c1-18-10-19(2)15-32(14-18)40(35,36)22-6-8-24-26(12-22)29(31-39-5)27-13-23(7-9-25(27)28(24)30-34)41(37,38)33-16-20(3)11-21(4)17-33/h6-9,12-13,18-21,34H,5,10-11,14-17H2,1-4H3/t18-,19+,20-,21+. The first-order valence-corrected chi connectivity index (χ1v) is 16.8. The fourth-order valence-electron chi connectivity index (χ4n) is 6.64. The molecule has 1 aliphatic carbocycles. The van der Waals surface area contributed by atoms with E-state index in [1.807, 2.05) is 27.7 Å². The molecule has 1 N–H and O–H groups in total. The Balaban J connectivity index is 1.61. The number of sulfonamides is 2. The molecular formula is C29H37N4O6S2. The van der Waals surface area contributed by atoms with Crippen LogP contribution in [-0.4, -0.2) is 68.3 Å². The molecule has 0 aromatic heterocycles. The van der Waals surface area contributed by atoms with Gasteiger partial charge in [0.2, 0.25) is 20.0 Å². The van der Waals surface area contributed by atoms with Crippen LogP contribution in [0.25, 0.3) is 0 Å². The van der Waals surface area contributed by atoms with E-state index < -0.39 is 20.0 Å². The van der Waals surface area contributed by atoms with E-state index in [1.54, 1.807) is 12.1 Å². The van der Waals surface area contributed by atoms with Gasteiger partial charge >= 0.3 is 0 Å². The van der Waals surface area contributed by atoms with E-state index in [-0.39, 0.29) is 44.9 Å². The molecule has 2 heterocycles. The normalized spacial score (nSPS) is 25.8. The van der Waals surface area contributed by atoms with E-state index in [0.717, 1.165) is 12.8 Å². The van der Waals surface area contributed by atoms with Crippen molar-refractivity contribution in [1.82, 2.24) is 8.61 Å². The maximum atomic E-state index is 13.7. The Hall–Kier alpha value is -2.80. The summed E-state index contributed by atoms with van der Waals surface area (Å²) >= 11 is 0. The lowest BCUT2D eigenvalue weighted by Gasteiger charge is -2.34. The number of benzene rings is 2. The zero-order valence-corrected chi connectivity index (χ0v) is 25.5. The van der Waals surface area contributed by atoms with E-state index in [9.17, 15) is 22.0 Å². The van der Waals surface area contributed by atoms with Crippen molar-refractivity contribution in [2.45, 2.75) is 50.3 Å². The van der Waals surface area contributed by atoms with Gasteiger partial charge in [-0.15, -0.1) is 0 Å². The van der Waals surface area contributed by atoms with Gasteiger partial charge in [0.15, 0.2) is 7.11 Å². The summed E-state index contributed by atoms with van der Waals surface area (Å²) < 4.78 is 57.9. The largest absolute Gasteiger partial charge is 0.410 e. The minimum atomic E-state index is -3.84. The molecule has 2 saturated heterocycles. The second-order valence-corrected chi connectivity index (χ2v) is 15.8.